The molecule has 0 fully saturated rings. The van der Waals surface area contributed by atoms with Crippen LogP contribution in [0.4, 0.5) is 10.5 Å². The predicted molar refractivity (Wildman–Crippen MR) is 83.3 cm³/mol. The number of primary amides is 1. The van der Waals surface area contributed by atoms with Crippen LogP contribution in [0.25, 0.3) is 0 Å². The van der Waals surface area contributed by atoms with Crippen LogP contribution >= 0.6 is 0 Å². The Morgan fingerprint density at radius 2 is 2.05 bits per heavy atom. The summed E-state index contributed by atoms with van der Waals surface area (Å²) in [7, 11) is 0. The van der Waals surface area contributed by atoms with Crippen molar-refractivity contribution in [3.63, 3.8) is 0 Å². The molecule has 1 heterocycles. The number of anilines is 1. The molecular weight excluding hydrogens is 282 g/mol. The number of urea groups is 1. The molecule has 0 bridgehead atoms. The molecule has 0 unspecified atom stereocenters. The molecule has 22 heavy (non-hydrogen) atoms. The van der Waals surface area contributed by atoms with Gasteiger partial charge in [-0.2, -0.15) is 5.10 Å². The summed E-state index contributed by atoms with van der Waals surface area (Å²) in [6, 6.07) is 9.63. The van der Waals surface area contributed by atoms with Gasteiger partial charge in [-0.3, -0.25) is 9.48 Å². The summed E-state index contributed by atoms with van der Waals surface area (Å²) in [5.41, 5.74) is 6.74. The molecule has 0 saturated carbocycles. The third-order valence-corrected chi connectivity index (χ3v) is 3.15. The van der Waals surface area contributed by atoms with E-state index in [1.807, 2.05) is 37.3 Å². The van der Waals surface area contributed by atoms with Crippen molar-refractivity contribution < 1.29 is 9.59 Å². The van der Waals surface area contributed by atoms with Gasteiger partial charge in [-0.15, -0.1) is 0 Å². The van der Waals surface area contributed by atoms with Crippen LogP contribution in [0.2, 0.25) is 0 Å². The van der Waals surface area contributed by atoms with E-state index in [-0.39, 0.29) is 18.5 Å². The summed E-state index contributed by atoms with van der Waals surface area (Å²) < 4.78 is 1.37. The van der Waals surface area contributed by atoms with E-state index in [2.05, 4.69) is 15.7 Å². The van der Waals surface area contributed by atoms with Gasteiger partial charge >= 0.3 is 6.03 Å². The average molecular weight is 301 g/mol. The maximum Gasteiger partial charge on any atom is 0.319 e. The van der Waals surface area contributed by atoms with E-state index in [1.54, 1.807) is 6.20 Å². The second kappa shape index (κ2) is 7.26. The molecule has 2 aromatic rings. The fourth-order valence-electron chi connectivity index (χ4n) is 1.99. The van der Waals surface area contributed by atoms with Crippen molar-refractivity contribution in [1.29, 1.82) is 0 Å². The number of rotatable bonds is 6. The van der Waals surface area contributed by atoms with Gasteiger partial charge in [-0.25, -0.2) is 4.79 Å². The SMILES string of the molecule is C[C@@H](CNC(=O)Nc1cnn(CC(N)=O)c1)c1ccccc1. The van der Waals surface area contributed by atoms with Crippen molar-refractivity contribution in [3.8, 4) is 0 Å². The van der Waals surface area contributed by atoms with E-state index in [0.717, 1.165) is 5.56 Å². The molecule has 1 atom stereocenters. The molecule has 3 amide bonds. The van der Waals surface area contributed by atoms with Crippen LogP contribution in [-0.4, -0.2) is 28.3 Å². The van der Waals surface area contributed by atoms with E-state index in [9.17, 15) is 9.59 Å². The van der Waals surface area contributed by atoms with E-state index < -0.39 is 5.91 Å². The Bertz CT molecular complexity index is 638. The predicted octanol–water partition coefficient (Wildman–Crippen LogP) is 1.29. The third kappa shape index (κ3) is 4.62. The first-order chi connectivity index (χ1) is 10.5. The second-order valence-corrected chi connectivity index (χ2v) is 5.04. The molecule has 0 saturated heterocycles. The molecule has 1 aromatic carbocycles. The van der Waals surface area contributed by atoms with Gasteiger partial charge in [0, 0.05) is 12.7 Å². The van der Waals surface area contributed by atoms with Crippen LogP contribution in [0.15, 0.2) is 42.7 Å². The molecule has 0 aliphatic carbocycles. The lowest BCUT2D eigenvalue weighted by atomic mass is 10.0. The zero-order chi connectivity index (χ0) is 15.9. The Morgan fingerprint density at radius 3 is 2.73 bits per heavy atom. The summed E-state index contributed by atoms with van der Waals surface area (Å²) in [5.74, 6) is -0.277. The highest BCUT2D eigenvalue weighted by molar-refractivity contribution is 5.88. The van der Waals surface area contributed by atoms with E-state index in [4.69, 9.17) is 5.73 Å². The minimum Gasteiger partial charge on any atom is -0.368 e. The summed E-state index contributed by atoms with van der Waals surface area (Å²) in [5, 5.41) is 9.38. The lowest BCUT2D eigenvalue weighted by Crippen LogP contribution is -2.31. The highest BCUT2D eigenvalue weighted by Gasteiger charge is 2.08. The largest absolute Gasteiger partial charge is 0.368 e. The smallest absolute Gasteiger partial charge is 0.319 e. The first-order valence-electron chi connectivity index (χ1n) is 6.95. The third-order valence-electron chi connectivity index (χ3n) is 3.15. The number of carbonyl (C=O) groups excluding carboxylic acids is 2. The molecule has 0 aliphatic rings. The molecule has 2 rings (SSSR count). The second-order valence-electron chi connectivity index (χ2n) is 5.04. The Labute approximate surface area is 128 Å². The standard InChI is InChI=1S/C15H19N5O2/c1-11(12-5-3-2-4-6-12)7-17-15(22)19-13-8-18-20(9-13)10-14(16)21/h2-6,8-9,11H,7,10H2,1H3,(H2,16,21)(H2,17,19,22)/t11-/m0/s1. The number of hydrogen-bond acceptors (Lipinski definition) is 3. The Morgan fingerprint density at radius 1 is 1.32 bits per heavy atom. The minimum atomic E-state index is -0.490. The highest BCUT2D eigenvalue weighted by Crippen LogP contribution is 2.13. The van der Waals surface area contributed by atoms with Gasteiger partial charge in [0.25, 0.3) is 0 Å². The molecular formula is C15H19N5O2. The summed E-state index contributed by atoms with van der Waals surface area (Å²) in [6.07, 6.45) is 3.01. The fraction of sp³-hybridized carbons (Fsp3) is 0.267. The maximum atomic E-state index is 11.8. The quantitative estimate of drug-likeness (QED) is 0.749. The normalized spacial score (nSPS) is 11.7. The molecule has 116 valence electrons. The summed E-state index contributed by atoms with van der Waals surface area (Å²) >= 11 is 0. The summed E-state index contributed by atoms with van der Waals surface area (Å²) in [4.78, 5) is 22.6. The first kappa shape index (κ1) is 15.6. The lowest BCUT2D eigenvalue weighted by Gasteiger charge is -2.13. The molecule has 1 aromatic heterocycles. The van der Waals surface area contributed by atoms with Crippen molar-refractivity contribution in [2.45, 2.75) is 19.4 Å². The topological polar surface area (TPSA) is 102 Å². The Hall–Kier alpha value is -2.83. The summed E-state index contributed by atoms with van der Waals surface area (Å²) in [6.45, 7) is 2.54. The maximum absolute atomic E-state index is 11.8. The number of aromatic nitrogens is 2. The number of carbonyl (C=O) groups is 2. The van der Waals surface area contributed by atoms with Crippen molar-refractivity contribution in [2.75, 3.05) is 11.9 Å². The number of hydrogen-bond donors (Lipinski definition) is 3. The average Bonchev–Trinajstić information content (AvgIpc) is 2.92. The number of nitrogens with two attached hydrogens (primary N) is 1. The highest BCUT2D eigenvalue weighted by atomic mass is 16.2. The van der Waals surface area contributed by atoms with Gasteiger partial charge in [0.1, 0.15) is 6.54 Å². The molecule has 7 nitrogen and oxygen atoms in total. The van der Waals surface area contributed by atoms with E-state index in [0.29, 0.717) is 12.2 Å². The molecule has 7 heteroatoms. The number of nitrogens with one attached hydrogen (secondary N) is 2. The number of nitrogens with zero attached hydrogens (tertiary/aromatic N) is 2. The van der Waals surface area contributed by atoms with E-state index in [1.165, 1.54) is 10.9 Å². The zero-order valence-corrected chi connectivity index (χ0v) is 12.3. The van der Waals surface area contributed by atoms with Crippen molar-refractivity contribution in [3.05, 3.63) is 48.3 Å². The monoisotopic (exact) mass is 301 g/mol. The van der Waals surface area contributed by atoms with Crippen LogP contribution in [-0.2, 0) is 11.3 Å². The van der Waals surface area contributed by atoms with Crippen LogP contribution in [0, 0.1) is 0 Å². The minimum absolute atomic E-state index is 0.0195. The molecule has 4 N–H and O–H groups in total. The van der Waals surface area contributed by atoms with E-state index >= 15 is 0 Å². The van der Waals surface area contributed by atoms with Gasteiger partial charge < -0.3 is 16.4 Å². The lowest BCUT2D eigenvalue weighted by molar-refractivity contribution is -0.118. The van der Waals surface area contributed by atoms with Crippen LogP contribution in [0.5, 0.6) is 0 Å². The number of amides is 3. The van der Waals surface area contributed by atoms with Crippen molar-refractivity contribution in [2.24, 2.45) is 5.73 Å². The number of benzene rings is 1. The van der Waals surface area contributed by atoms with Gasteiger partial charge in [0.05, 0.1) is 11.9 Å². The first-order valence-corrected chi connectivity index (χ1v) is 6.95. The Balaban J connectivity index is 1.80. The van der Waals surface area contributed by atoms with Crippen molar-refractivity contribution in [1.82, 2.24) is 15.1 Å². The zero-order valence-electron chi connectivity index (χ0n) is 12.3. The van der Waals surface area contributed by atoms with Gasteiger partial charge in [0.15, 0.2) is 0 Å². The Kier molecular flexibility index (Phi) is 5.13. The van der Waals surface area contributed by atoms with Crippen molar-refractivity contribution >= 4 is 17.6 Å². The van der Waals surface area contributed by atoms with Crippen LogP contribution < -0.4 is 16.4 Å². The van der Waals surface area contributed by atoms with Gasteiger partial charge in [-0.05, 0) is 11.5 Å². The molecule has 0 spiro atoms. The molecule has 0 radical (unpaired) electrons. The molecule has 0 aliphatic heterocycles. The van der Waals surface area contributed by atoms with Gasteiger partial charge in [0.2, 0.25) is 5.91 Å². The fourth-order valence-corrected chi connectivity index (χ4v) is 1.99. The van der Waals surface area contributed by atoms with Crippen LogP contribution in [0.3, 0.4) is 0 Å². The van der Waals surface area contributed by atoms with Gasteiger partial charge in [-0.1, -0.05) is 37.3 Å². The van der Waals surface area contributed by atoms with Crippen LogP contribution in [0.1, 0.15) is 18.4 Å².